The minimum Gasteiger partial charge on any atom is -0.465 e. The maximum atomic E-state index is 12.4. The number of amides is 3. The third-order valence-electron chi connectivity index (χ3n) is 4.96. The summed E-state index contributed by atoms with van der Waals surface area (Å²) in [7, 11) is 0. The topological polar surface area (TPSA) is 87.1 Å². The van der Waals surface area contributed by atoms with Gasteiger partial charge in [-0.05, 0) is 12.3 Å². The molecule has 1 N–H and O–H groups in total. The number of likely N-dealkylation sites (tertiary alicyclic amines) is 1. The highest BCUT2D eigenvalue weighted by molar-refractivity contribution is 5.95. The molecular formula is C14H20N2O5. The van der Waals surface area contributed by atoms with Gasteiger partial charge in [0.15, 0.2) is 5.72 Å². The van der Waals surface area contributed by atoms with E-state index in [2.05, 4.69) is 0 Å². The summed E-state index contributed by atoms with van der Waals surface area (Å²) < 4.78 is 5.96. The van der Waals surface area contributed by atoms with Crippen molar-refractivity contribution in [2.24, 2.45) is 11.8 Å². The van der Waals surface area contributed by atoms with E-state index in [1.165, 1.54) is 0 Å². The first-order valence-corrected chi connectivity index (χ1v) is 7.39. The van der Waals surface area contributed by atoms with Crippen molar-refractivity contribution in [3.63, 3.8) is 0 Å². The molecule has 0 aromatic heterocycles. The minimum absolute atomic E-state index is 0.0130. The van der Waals surface area contributed by atoms with Gasteiger partial charge in [0.1, 0.15) is 0 Å². The quantitative estimate of drug-likeness (QED) is 0.776. The number of carbonyl (C=O) groups excluding carboxylic acids is 2. The lowest BCUT2D eigenvalue weighted by molar-refractivity contribution is -0.195. The van der Waals surface area contributed by atoms with Crippen molar-refractivity contribution < 1.29 is 24.2 Å². The van der Waals surface area contributed by atoms with Gasteiger partial charge in [-0.25, -0.2) is 9.69 Å². The molecule has 7 heteroatoms. The van der Waals surface area contributed by atoms with Crippen LogP contribution < -0.4 is 0 Å². The molecule has 0 unspecified atom stereocenters. The highest BCUT2D eigenvalue weighted by Gasteiger charge is 2.62. The van der Waals surface area contributed by atoms with Crippen molar-refractivity contribution in [3.8, 4) is 0 Å². The van der Waals surface area contributed by atoms with Crippen LogP contribution in [0.1, 0.15) is 33.1 Å². The van der Waals surface area contributed by atoms with Crippen LogP contribution in [0.2, 0.25) is 0 Å². The molecule has 3 amide bonds. The van der Waals surface area contributed by atoms with E-state index in [1.807, 2.05) is 13.8 Å². The molecule has 0 aliphatic carbocycles. The van der Waals surface area contributed by atoms with Crippen LogP contribution in [-0.4, -0.2) is 57.7 Å². The molecule has 116 valence electrons. The summed E-state index contributed by atoms with van der Waals surface area (Å²) in [6, 6.07) is -0.0375. The van der Waals surface area contributed by atoms with Crippen molar-refractivity contribution in [2.75, 3.05) is 13.2 Å². The second-order valence-electron chi connectivity index (χ2n) is 6.34. The van der Waals surface area contributed by atoms with Crippen LogP contribution in [0.3, 0.4) is 0 Å². The number of carboxylic acid groups (broad SMARTS) is 1. The summed E-state index contributed by atoms with van der Waals surface area (Å²) in [5, 5.41) is 9.11. The molecule has 3 fully saturated rings. The van der Waals surface area contributed by atoms with Crippen LogP contribution in [0.15, 0.2) is 0 Å². The summed E-state index contributed by atoms with van der Waals surface area (Å²) in [4.78, 5) is 38.6. The summed E-state index contributed by atoms with van der Waals surface area (Å²) in [6.45, 7) is 4.55. The van der Waals surface area contributed by atoms with Gasteiger partial charge in [-0.3, -0.25) is 9.59 Å². The maximum absolute atomic E-state index is 12.4. The number of hydrogen-bond donors (Lipinski definition) is 1. The van der Waals surface area contributed by atoms with Gasteiger partial charge < -0.3 is 14.7 Å². The molecule has 0 saturated carbocycles. The fourth-order valence-corrected chi connectivity index (χ4v) is 3.87. The summed E-state index contributed by atoms with van der Waals surface area (Å²) in [5.74, 6) is -0.752. The van der Waals surface area contributed by atoms with Gasteiger partial charge in [0.2, 0.25) is 11.8 Å². The SMILES string of the molecule is CC(C)[C@H]1CO[C@]23CCN(C(=O)O)C(=O)[C@H]2CCC(=O)N13. The Balaban J connectivity index is 1.97. The summed E-state index contributed by atoms with van der Waals surface area (Å²) >= 11 is 0. The second-order valence-corrected chi connectivity index (χ2v) is 6.34. The lowest BCUT2D eigenvalue weighted by Crippen LogP contribution is -2.67. The van der Waals surface area contributed by atoms with Gasteiger partial charge in [0.05, 0.1) is 18.6 Å². The van der Waals surface area contributed by atoms with E-state index >= 15 is 0 Å². The average molecular weight is 296 g/mol. The van der Waals surface area contributed by atoms with Crippen LogP contribution in [0.25, 0.3) is 0 Å². The first-order chi connectivity index (χ1) is 9.88. The van der Waals surface area contributed by atoms with Crippen molar-refractivity contribution in [2.45, 2.75) is 44.9 Å². The van der Waals surface area contributed by atoms with E-state index in [4.69, 9.17) is 9.84 Å². The Kier molecular flexibility index (Phi) is 3.20. The zero-order chi connectivity index (χ0) is 15.4. The van der Waals surface area contributed by atoms with Gasteiger partial charge in [0, 0.05) is 19.4 Å². The van der Waals surface area contributed by atoms with E-state index < -0.39 is 23.6 Å². The molecule has 7 nitrogen and oxygen atoms in total. The molecule has 3 aliphatic heterocycles. The lowest BCUT2D eigenvalue weighted by atomic mass is 9.79. The normalized spacial score (nSPS) is 36.0. The third-order valence-corrected chi connectivity index (χ3v) is 4.96. The van der Waals surface area contributed by atoms with Crippen molar-refractivity contribution in [1.82, 2.24) is 9.80 Å². The van der Waals surface area contributed by atoms with E-state index in [1.54, 1.807) is 4.90 Å². The van der Waals surface area contributed by atoms with Gasteiger partial charge in [0.25, 0.3) is 0 Å². The van der Waals surface area contributed by atoms with E-state index in [0.717, 1.165) is 4.90 Å². The molecule has 3 heterocycles. The van der Waals surface area contributed by atoms with Gasteiger partial charge in [-0.1, -0.05) is 13.8 Å². The first-order valence-electron chi connectivity index (χ1n) is 7.39. The number of carbonyl (C=O) groups is 3. The van der Waals surface area contributed by atoms with Crippen LogP contribution >= 0.6 is 0 Å². The predicted octanol–water partition coefficient (Wildman–Crippen LogP) is 0.886. The Bertz CT molecular complexity index is 506. The first kappa shape index (κ1) is 14.3. The maximum Gasteiger partial charge on any atom is 0.414 e. The van der Waals surface area contributed by atoms with Crippen molar-refractivity contribution in [3.05, 3.63) is 0 Å². The third kappa shape index (κ3) is 1.87. The molecular weight excluding hydrogens is 276 g/mol. The molecule has 21 heavy (non-hydrogen) atoms. The minimum atomic E-state index is -1.23. The standard InChI is InChI=1S/C14H20N2O5/c1-8(2)10-7-21-14-5-6-15(13(19)20)12(18)9(14)3-4-11(17)16(10)14/h8-10H,3-7H2,1-2H3,(H,19,20)/t9-,10-,14-/m1/s1. The predicted molar refractivity (Wildman–Crippen MR) is 71.2 cm³/mol. The number of nitrogens with zero attached hydrogens (tertiary/aromatic N) is 2. The molecule has 3 atom stereocenters. The fraction of sp³-hybridized carbons (Fsp3) is 0.786. The largest absolute Gasteiger partial charge is 0.465 e. The second kappa shape index (κ2) is 4.69. The number of ether oxygens (including phenoxy) is 1. The Morgan fingerprint density at radius 1 is 1.43 bits per heavy atom. The van der Waals surface area contributed by atoms with Crippen LogP contribution in [0, 0.1) is 11.8 Å². The number of rotatable bonds is 1. The van der Waals surface area contributed by atoms with Crippen molar-refractivity contribution in [1.29, 1.82) is 0 Å². The summed E-state index contributed by atoms with van der Waals surface area (Å²) in [6.07, 6.45) is -0.220. The number of piperidine rings is 2. The lowest BCUT2D eigenvalue weighted by Gasteiger charge is -2.51. The zero-order valence-electron chi connectivity index (χ0n) is 12.2. The van der Waals surface area contributed by atoms with Crippen LogP contribution in [-0.2, 0) is 14.3 Å². The fourth-order valence-electron chi connectivity index (χ4n) is 3.87. The number of hydrogen-bond acceptors (Lipinski definition) is 4. The van der Waals surface area contributed by atoms with Gasteiger partial charge >= 0.3 is 6.09 Å². The highest BCUT2D eigenvalue weighted by atomic mass is 16.5. The van der Waals surface area contributed by atoms with Crippen LogP contribution in [0.5, 0.6) is 0 Å². The molecule has 3 saturated heterocycles. The Morgan fingerprint density at radius 3 is 2.76 bits per heavy atom. The smallest absolute Gasteiger partial charge is 0.414 e. The highest BCUT2D eigenvalue weighted by Crippen LogP contribution is 2.47. The Hall–Kier alpha value is -1.63. The Labute approximate surface area is 122 Å². The molecule has 0 aromatic carbocycles. The molecule has 1 spiro atoms. The van der Waals surface area contributed by atoms with Gasteiger partial charge in [-0.15, -0.1) is 0 Å². The Morgan fingerprint density at radius 2 is 2.14 bits per heavy atom. The van der Waals surface area contributed by atoms with Crippen molar-refractivity contribution >= 4 is 17.9 Å². The van der Waals surface area contributed by atoms with Crippen LogP contribution in [0.4, 0.5) is 4.79 Å². The molecule has 0 aromatic rings. The zero-order valence-corrected chi connectivity index (χ0v) is 12.2. The average Bonchev–Trinajstić information content (AvgIpc) is 2.79. The molecule has 3 aliphatic rings. The van der Waals surface area contributed by atoms with E-state index in [-0.39, 0.29) is 30.8 Å². The monoisotopic (exact) mass is 296 g/mol. The molecule has 0 radical (unpaired) electrons. The van der Waals surface area contributed by atoms with E-state index in [9.17, 15) is 14.4 Å². The molecule has 3 rings (SSSR count). The number of imide groups is 1. The molecule has 0 bridgehead atoms. The summed E-state index contributed by atoms with van der Waals surface area (Å²) in [5.41, 5.74) is -0.923. The van der Waals surface area contributed by atoms with E-state index in [0.29, 0.717) is 19.4 Å². The van der Waals surface area contributed by atoms with Gasteiger partial charge in [-0.2, -0.15) is 0 Å².